The fraction of sp³-hybridized carbons (Fsp3) is 0.571. The van der Waals surface area contributed by atoms with E-state index in [-0.39, 0.29) is 0 Å². The summed E-state index contributed by atoms with van der Waals surface area (Å²) < 4.78 is 8.75. The topological polar surface area (TPSA) is 61.9 Å². The molecule has 1 aliphatic rings. The number of carbonyl (C=O) groups excluding carboxylic acids is 1. The van der Waals surface area contributed by atoms with Gasteiger partial charge in [-0.05, 0) is 6.08 Å². The first-order chi connectivity index (χ1) is 5.18. The largest absolute Gasteiger partial charge is 0.545 e. The molecule has 0 unspecified atom stereocenters. The second-order valence-corrected chi connectivity index (χ2v) is 1.54. The second-order valence-electron chi connectivity index (χ2n) is 1.54. The maximum absolute atomic E-state index is 9.14. The molecule has 0 radical (unpaired) electrons. The van der Waals surface area contributed by atoms with Crippen LogP contribution in [0, 0.1) is 0 Å². The molecular formula is C7H13O4-. The van der Waals surface area contributed by atoms with Crippen molar-refractivity contribution < 1.29 is 19.4 Å². The van der Waals surface area contributed by atoms with Crippen molar-refractivity contribution >= 4 is 5.97 Å². The van der Waals surface area contributed by atoms with E-state index in [1.807, 2.05) is 0 Å². The summed E-state index contributed by atoms with van der Waals surface area (Å²) in [6.45, 7) is 4.90. The number of carbonyl (C=O) groups is 1. The molecule has 4 heteroatoms. The zero-order valence-corrected chi connectivity index (χ0v) is 6.83. The van der Waals surface area contributed by atoms with Crippen LogP contribution in [0.3, 0.4) is 0 Å². The Balaban J connectivity index is 0. The van der Waals surface area contributed by atoms with E-state index in [4.69, 9.17) is 9.90 Å². The van der Waals surface area contributed by atoms with Crippen molar-refractivity contribution in [2.24, 2.45) is 0 Å². The van der Waals surface area contributed by atoms with E-state index in [1.54, 1.807) is 14.2 Å². The van der Waals surface area contributed by atoms with E-state index in [9.17, 15) is 0 Å². The molecule has 0 bridgehead atoms. The molecule has 1 fully saturated rings. The molecule has 0 aromatic rings. The predicted molar refractivity (Wildman–Crippen MR) is 39.0 cm³/mol. The van der Waals surface area contributed by atoms with Crippen LogP contribution < -0.4 is 5.11 Å². The Labute approximate surface area is 66.4 Å². The highest BCUT2D eigenvalue weighted by Gasteiger charge is 1.94. The molecule has 0 aliphatic carbocycles. The third kappa shape index (κ3) is 102. The SMILES string of the molecule is C1CO1.C=CC(=O)[O-].COC. The lowest BCUT2D eigenvalue weighted by Gasteiger charge is -1.81. The van der Waals surface area contributed by atoms with Gasteiger partial charge in [0.25, 0.3) is 0 Å². The van der Waals surface area contributed by atoms with Crippen molar-refractivity contribution in [1.82, 2.24) is 0 Å². The lowest BCUT2D eigenvalue weighted by molar-refractivity contribution is -0.297. The molecule has 0 aromatic heterocycles. The Kier molecular flexibility index (Phi) is 13.8. The summed E-state index contributed by atoms with van der Waals surface area (Å²) in [4.78, 5) is 9.14. The van der Waals surface area contributed by atoms with Gasteiger partial charge in [0.05, 0.1) is 19.2 Å². The Hall–Kier alpha value is -0.870. The Morgan fingerprint density at radius 3 is 1.82 bits per heavy atom. The monoisotopic (exact) mass is 161 g/mol. The van der Waals surface area contributed by atoms with Crippen molar-refractivity contribution in [1.29, 1.82) is 0 Å². The first-order valence-corrected chi connectivity index (χ1v) is 3.00. The Morgan fingerprint density at radius 1 is 1.64 bits per heavy atom. The third-order valence-electron chi connectivity index (χ3n) is 0.371. The summed E-state index contributed by atoms with van der Waals surface area (Å²) in [6.07, 6.45) is 0.722. The molecule has 0 atom stereocenters. The number of epoxide rings is 1. The van der Waals surface area contributed by atoms with Crippen LogP contribution in [-0.2, 0) is 14.3 Å². The Morgan fingerprint density at radius 2 is 1.82 bits per heavy atom. The third-order valence-corrected chi connectivity index (χ3v) is 0.371. The molecule has 1 rings (SSSR count). The van der Waals surface area contributed by atoms with Gasteiger partial charge in [-0.1, -0.05) is 6.58 Å². The van der Waals surface area contributed by atoms with Crippen LogP contribution in [0.2, 0.25) is 0 Å². The van der Waals surface area contributed by atoms with E-state index >= 15 is 0 Å². The van der Waals surface area contributed by atoms with Gasteiger partial charge in [-0.15, -0.1) is 0 Å². The van der Waals surface area contributed by atoms with Gasteiger partial charge in [-0.25, -0.2) is 0 Å². The summed E-state index contributed by atoms with van der Waals surface area (Å²) in [5.74, 6) is -1.23. The minimum absolute atomic E-state index is 0.722. The van der Waals surface area contributed by atoms with E-state index in [0.29, 0.717) is 0 Å². The average molecular weight is 161 g/mol. The van der Waals surface area contributed by atoms with Crippen LogP contribution in [0.15, 0.2) is 12.7 Å². The molecule has 1 aliphatic heterocycles. The zero-order chi connectivity index (χ0) is 9.11. The molecule has 0 aromatic carbocycles. The van der Waals surface area contributed by atoms with Gasteiger partial charge in [0.1, 0.15) is 0 Å². The molecule has 1 saturated heterocycles. The summed E-state index contributed by atoms with van der Waals surface area (Å²) in [5, 5.41) is 9.14. The molecule has 4 nitrogen and oxygen atoms in total. The summed E-state index contributed by atoms with van der Waals surface area (Å²) in [6, 6.07) is 0. The molecule has 0 spiro atoms. The van der Waals surface area contributed by atoms with Gasteiger partial charge < -0.3 is 19.4 Å². The fourth-order valence-corrected chi connectivity index (χ4v) is 0. The molecule has 11 heavy (non-hydrogen) atoms. The van der Waals surface area contributed by atoms with Crippen molar-refractivity contribution in [3.8, 4) is 0 Å². The number of hydrogen-bond acceptors (Lipinski definition) is 4. The highest BCUT2D eigenvalue weighted by molar-refractivity contribution is 5.76. The Bertz CT molecular complexity index is 95.9. The van der Waals surface area contributed by atoms with Gasteiger partial charge in [0.15, 0.2) is 0 Å². The van der Waals surface area contributed by atoms with E-state index < -0.39 is 5.97 Å². The summed E-state index contributed by atoms with van der Waals surface area (Å²) in [7, 11) is 3.25. The minimum Gasteiger partial charge on any atom is -0.545 e. The minimum atomic E-state index is -1.23. The number of methoxy groups -OCH3 is 1. The van der Waals surface area contributed by atoms with E-state index in [0.717, 1.165) is 19.3 Å². The first-order valence-electron chi connectivity index (χ1n) is 3.00. The maximum atomic E-state index is 9.14. The standard InChI is InChI=1S/C3H4O2.C2H4O.C2H6O/c1-2-3(4)5;1-2-3-1;1-3-2/h2H,1H2,(H,4,5);1-2H2;1-2H3/p-1. The van der Waals surface area contributed by atoms with Crippen LogP contribution in [0.4, 0.5) is 0 Å². The number of carboxylic acid groups (broad SMARTS) is 1. The van der Waals surface area contributed by atoms with Crippen LogP contribution in [0.5, 0.6) is 0 Å². The zero-order valence-electron chi connectivity index (χ0n) is 6.83. The number of ether oxygens (including phenoxy) is 2. The molecule has 1 heterocycles. The van der Waals surface area contributed by atoms with Crippen LogP contribution >= 0.6 is 0 Å². The van der Waals surface area contributed by atoms with Crippen molar-refractivity contribution in [3.05, 3.63) is 12.7 Å². The fourth-order valence-electron chi connectivity index (χ4n) is 0. The molecule has 0 saturated carbocycles. The van der Waals surface area contributed by atoms with Gasteiger partial charge in [0, 0.05) is 14.2 Å². The molecule has 0 N–H and O–H groups in total. The first kappa shape index (κ1) is 12.8. The molecule has 66 valence electrons. The van der Waals surface area contributed by atoms with Gasteiger partial charge >= 0.3 is 0 Å². The van der Waals surface area contributed by atoms with Crippen LogP contribution in [0.1, 0.15) is 0 Å². The van der Waals surface area contributed by atoms with E-state index in [2.05, 4.69) is 16.1 Å². The van der Waals surface area contributed by atoms with Gasteiger partial charge in [0.2, 0.25) is 0 Å². The molecule has 0 amide bonds. The molecular weight excluding hydrogens is 148 g/mol. The smallest absolute Gasteiger partial charge is 0.0701 e. The second kappa shape index (κ2) is 11.9. The average Bonchev–Trinajstić information content (AvgIpc) is 2.73. The van der Waals surface area contributed by atoms with Crippen molar-refractivity contribution in [2.45, 2.75) is 0 Å². The van der Waals surface area contributed by atoms with Gasteiger partial charge in [-0.2, -0.15) is 0 Å². The summed E-state index contributed by atoms with van der Waals surface area (Å²) in [5.41, 5.74) is 0. The van der Waals surface area contributed by atoms with Crippen LogP contribution in [-0.4, -0.2) is 33.4 Å². The lowest BCUT2D eigenvalue weighted by Crippen LogP contribution is -2.17. The van der Waals surface area contributed by atoms with Crippen LogP contribution in [0.25, 0.3) is 0 Å². The highest BCUT2D eigenvalue weighted by atomic mass is 16.6. The lowest BCUT2D eigenvalue weighted by atomic mass is 10.7. The van der Waals surface area contributed by atoms with Crippen molar-refractivity contribution in [3.63, 3.8) is 0 Å². The number of rotatable bonds is 1. The predicted octanol–water partition coefficient (Wildman–Crippen LogP) is -0.798. The van der Waals surface area contributed by atoms with Gasteiger partial charge in [-0.3, -0.25) is 0 Å². The quantitative estimate of drug-likeness (QED) is 0.373. The van der Waals surface area contributed by atoms with Crippen molar-refractivity contribution in [2.75, 3.05) is 27.4 Å². The summed E-state index contributed by atoms with van der Waals surface area (Å²) >= 11 is 0. The normalized spacial score (nSPS) is 11.1. The number of aliphatic carboxylic acids is 1. The number of carboxylic acids is 1. The highest BCUT2D eigenvalue weighted by Crippen LogP contribution is 1.84. The number of hydrogen-bond donors (Lipinski definition) is 0. The van der Waals surface area contributed by atoms with E-state index in [1.165, 1.54) is 0 Å². The maximum Gasteiger partial charge on any atom is 0.0701 e.